The Morgan fingerprint density at radius 3 is 2.52 bits per heavy atom. The Hall–Kier alpha value is -3.21. The van der Waals surface area contributed by atoms with Crippen LogP contribution in [0.25, 0.3) is 22.6 Å². The summed E-state index contributed by atoms with van der Waals surface area (Å²) in [5, 5.41) is 3.15. The highest BCUT2D eigenvalue weighted by molar-refractivity contribution is 5.90. The minimum Gasteiger partial charge on any atom is -0.374 e. The lowest BCUT2D eigenvalue weighted by Crippen LogP contribution is -2.49. The third-order valence-electron chi connectivity index (χ3n) is 5.46. The van der Waals surface area contributed by atoms with Crippen LogP contribution in [0.5, 0.6) is 0 Å². The van der Waals surface area contributed by atoms with Crippen LogP contribution in [-0.2, 0) is 22.3 Å². The predicted molar refractivity (Wildman–Crippen MR) is 117 cm³/mol. The highest BCUT2D eigenvalue weighted by Crippen LogP contribution is 2.31. The van der Waals surface area contributed by atoms with Crippen molar-refractivity contribution in [2.75, 3.05) is 25.0 Å². The van der Waals surface area contributed by atoms with Crippen molar-refractivity contribution in [1.82, 2.24) is 24.4 Å². The predicted octanol–water partition coefficient (Wildman–Crippen LogP) is 3.58. The molecular weight excluding hydrogens is 437 g/mol. The van der Waals surface area contributed by atoms with E-state index in [1.54, 1.807) is 21.7 Å². The molecule has 1 aliphatic rings. The highest BCUT2D eigenvalue weighted by atomic mass is 19.4. The zero-order chi connectivity index (χ0) is 23.8. The average Bonchev–Trinajstić information content (AvgIpc) is 3.15. The number of rotatable bonds is 5. The van der Waals surface area contributed by atoms with Crippen molar-refractivity contribution < 1.29 is 22.7 Å². The Labute approximate surface area is 188 Å². The second kappa shape index (κ2) is 8.97. The summed E-state index contributed by atoms with van der Waals surface area (Å²) in [6.07, 6.45) is -1.79. The van der Waals surface area contributed by atoms with Gasteiger partial charge in [0.05, 0.1) is 24.4 Å². The topological polar surface area (TPSA) is 85.2 Å². The van der Waals surface area contributed by atoms with Crippen LogP contribution in [-0.4, -0.2) is 62.2 Å². The normalized spacial score (nSPS) is 19.2. The third kappa shape index (κ3) is 4.77. The summed E-state index contributed by atoms with van der Waals surface area (Å²) in [6, 6.07) is 4.01. The van der Waals surface area contributed by atoms with Crippen molar-refractivity contribution >= 4 is 22.8 Å². The lowest BCUT2D eigenvalue weighted by molar-refractivity contribution is -0.141. The lowest BCUT2D eigenvalue weighted by atomic mass is 10.2. The van der Waals surface area contributed by atoms with Gasteiger partial charge in [0, 0.05) is 37.6 Å². The van der Waals surface area contributed by atoms with Crippen molar-refractivity contribution in [1.29, 1.82) is 0 Å². The quantitative estimate of drug-likeness (QED) is 0.624. The van der Waals surface area contributed by atoms with Crippen LogP contribution in [0.3, 0.4) is 0 Å². The number of anilines is 1. The SMILES string of the molecule is CCn1c(-c2ccc(C(F)(F)F)nc2)nc2c(NCC(=O)N3C[C@@H](C)O[C@@H](C)C3)ccnc21. The number of hydrogen-bond donors (Lipinski definition) is 1. The number of amides is 1. The molecule has 4 rings (SSSR count). The summed E-state index contributed by atoms with van der Waals surface area (Å²) in [5.41, 5.74) is 1.21. The second-order valence-corrected chi connectivity index (χ2v) is 8.05. The molecular formula is C22H25F3N6O2. The second-order valence-electron chi connectivity index (χ2n) is 8.05. The van der Waals surface area contributed by atoms with Crippen LogP contribution in [0.2, 0.25) is 0 Å². The number of aromatic nitrogens is 4. The Morgan fingerprint density at radius 1 is 1.18 bits per heavy atom. The summed E-state index contributed by atoms with van der Waals surface area (Å²) >= 11 is 0. The maximum Gasteiger partial charge on any atom is 0.433 e. The van der Waals surface area contributed by atoms with Crippen LogP contribution < -0.4 is 5.32 Å². The van der Waals surface area contributed by atoms with Crippen molar-refractivity contribution in [3.05, 3.63) is 36.3 Å². The van der Waals surface area contributed by atoms with Gasteiger partial charge in [-0.15, -0.1) is 0 Å². The molecule has 33 heavy (non-hydrogen) atoms. The first-order valence-electron chi connectivity index (χ1n) is 10.7. The molecule has 8 nitrogen and oxygen atoms in total. The summed E-state index contributed by atoms with van der Waals surface area (Å²) in [7, 11) is 0. The number of alkyl halides is 3. The lowest BCUT2D eigenvalue weighted by Gasteiger charge is -2.35. The molecule has 0 aromatic carbocycles. The number of fused-ring (bicyclic) bond motifs is 1. The van der Waals surface area contributed by atoms with E-state index in [2.05, 4.69) is 20.3 Å². The Kier molecular flexibility index (Phi) is 6.24. The number of carbonyl (C=O) groups excluding carboxylic acids is 1. The van der Waals surface area contributed by atoms with E-state index < -0.39 is 11.9 Å². The first-order valence-corrected chi connectivity index (χ1v) is 10.7. The van der Waals surface area contributed by atoms with Crippen LogP contribution in [0.15, 0.2) is 30.6 Å². The molecule has 1 amide bonds. The van der Waals surface area contributed by atoms with Gasteiger partial charge in [0.1, 0.15) is 17.0 Å². The molecule has 3 aromatic rings. The van der Waals surface area contributed by atoms with Crippen molar-refractivity contribution in [2.45, 2.75) is 45.7 Å². The largest absolute Gasteiger partial charge is 0.433 e. The summed E-state index contributed by atoms with van der Waals surface area (Å²) in [4.78, 5) is 27.1. The molecule has 176 valence electrons. The molecule has 2 atom stereocenters. The van der Waals surface area contributed by atoms with Gasteiger partial charge >= 0.3 is 6.18 Å². The molecule has 3 aromatic heterocycles. The third-order valence-corrected chi connectivity index (χ3v) is 5.46. The summed E-state index contributed by atoms with van der Waals surface area (Å²) < 4.78 is 46.1. The van der Waals surface area contributed by atoms with Crippen molar-refractivity contribution in [3.63, 3.8) is 0 Å². The van der Waals surface area contributed by atoms with Crippen molar-refractivity contribution in [3.8, 4) is 11.4 Å². The summed E-state index contributed by atoms with van der Waals surface area (Å²) in [5.74, 6) is 0.404. The van der Waals surface area contributed by atoms with Crippen LogP contribution in [0.4, 0.5) is 18.9 Å². The molecule has 1 N–H and O–H groups in total. The van der Waals surface area contributed by atoms with Crippen LogP contribution in [0, 0.1) is 0 Å². The fraction of sp³-hybridized carbons (Fsp3) is 0.455. The molecule has 0 spiro atoms. The van der Waals surface area contributed by atoms with Gasteiger partial charge in [0.25, 0.3) is 0 Å². The Balaban J connectivity index is 1.59. The number of nitrogens with one attached hydrogen (secondary N) is 1. The minimum atomic E-state index is -4.51. The number of aryl methyl sites for hydroxylation is 1. The van der Waals surface area contributed by atoms with E-state index in [0.29, 0.717) is 47.9 Å². The number of halogens is 3. The monoisotopic (exact) mass is 462 g/mol. The Bertz CT molecular complexity index is 1140. The first kappa shape index (κ1) is 23.0. The van der Waals surface area contributed by atoms with Gasteiger partial charge < -0.3 is 19.5 Å². The van der Waals surface area contributed by atoms with E-state index in [9.17, 15) is 18.0 Å². The van der Waals surface area contributed by atoms with E-state index in [4.69, 9.17) is 4.74 Å². The maximum absolute atomic E-state index is 12.9. The molecule has 0 radical (unpaired) electrons. The van der Waals surface area contributed by atoms with Gasteiger partial charge in [-0.1, -0.05) is 0 Å². The number of pyridine rings is 2. The van der Waals surface area contributed by atoms with Gasteiger partial charge in [-0.3, -0.25) is 9.78 Å². The van der Waals surface area contributed by atoms with Crippen molar-refractivity contribution in [2.24, 2.45) is 0 Å². The first-order chi connectivity index (χ1) is 15.7. The maximum atomic E-state index is 12.9. The standard InChI is InChI=1S/C22H25F3N6O2/c1-4-31-20(15-5-6-17(28-9-15)22(23,24)25)29-19-16(7-8-26-21(19)31)27-10-18(32)30-11-13(2)33-14(3)12-30/h5-9,13-14H,4,10-12H2,1-3H3,(H,26,27)/t13-,14+. The van der Waals surface area contributed by atoms with E-state index in [-0.39, 0.29) is 24.7 Å². The molecule has 1 fully saturated rings. The smallest absolute Gasteiger partial charge is 0.374 e. The molecule has 0 bridgehead atoms. The molecule has 1 saturated heterocycles. The molecule has 1 aliphatic heterocycles. The number of nitrogens with zero attached hydrogens (tertiary/aromatic N) is 5. The van der Waals surface area contributed by atoms with Gasteiger partial charge in [-0.25, -0.2) is 9.97 Å². The number of carbonyl (C=O) groups is 1. The molecule has 11 heteroatoms. The number of morpholine rings is 1. The van der Waals surface area contributed by atoms with E-state index in [0.717, 1.165) is 12.3 Å². The van der Waals surface area contributed by atoms with Gasteiger partial charge in [-0.2, -0.15) is 13.2 Å². The fourth-order valence-electron chi connectivity index (χ4n) is 4.04. The van der Waals surface area contributed by atoms with Crippen LogP contribution in [0.1, 0.15) is 26.5 Å². The molecule has 0 unspecified atom stereocenters. The van der Waals surface area contributed by atoms with Gasteiger partial charge in [-0.05, 0) is 39.0 Å². The zero-order valence-electron chi connectivity index (χ0n) is 18.6. The average molecular weight is 462 g/mol. The zero-order valence-corrected chi connectivity index (χ0v) is 18.6. The van der Waals surface area contributed by atoms with E-state index in [1.165, 1.54) is 6.07 Å². The fourth-order valence-corrected chi connectivity index (χ4v) is 4.04. The number of ether oxygens (including phenoxy) is 1. The Morgan fingerprint density at radius 2 is 1.91 bits per heavy atom. The molecule has 0 saturated carbocycles. The van der Waals surface area contributed by atoms with Gasteiger partial charge in [0.2, 0.25) is 5.91 Å². The number of imidazole rings is 1. The molecule has 0 aliphatic carbocycles. The number of hydrogen-bond acceptors (Lipinski definition) is 6. The summed E-state index contributed by atoms with van der Waals surface area (Å²) in [6.45, 7) is 7.42. The van der Waals surface area contributed by atoms with Crippen LogP contribution >= 0.6 is 0 Å². The highest BCUT2D eigenvalue weighted by Gasteiger charge is 2.32. The minimum absolute atomic E-state index is 0.0227. The van der Waals surface area contributed by atoms with E-state index >= 15 is 0 Å². The molecule has 4 heterocycles. The van der Waals surface area contributed by atoms with E-state index in [1.807, 2.05) is 20.8 Å². The van der Waals surface area contributed by atoms with Gasteiger partial charge in [0.15, 0.2) is 5.65 Å².